The second-order valence-corrected chi connectivity index (χ2v) is 12.4. The second-order valence-electron chi connectivity index (χ2n) is 12.4. The summed E-state index contributed by atoms with van der Waals surface area (Å²) in [5.74, 6) is 0.0280. The van der Waals surface area contributed by atoms with Crippen LogP contribution in [0.4, 0.5) is 5.82 Å². The molecule has 0 saturated carbocycles. The molecule has 42 heavy (non-hydrogen) atoms. The molecule has 2 amide bonds. The molecule has 2 aliphatic heterocycles. The Morgan fingerprint density at radius 2 is 1.90 bits per heavy atom. The number of piperidine rings is 1. The number of phenols is 1. The summed E-state index contributed by atoms with van der Waals surface area (Å²) in [6, 6.07) is 8.11. The van der Waals surface area contributed by atoms with Gasteiger partial charge in [-0.05, 0) is 49.4 Å². The molecular weight excluding hydrogens is 536 g/mol. The van der Waals surface area contributed by atoms with E-state index >= 15 is 0 Å². The number of likely N-dealkylation sites (tertiary alicyclic amines) is 2. The summed E-state index contributed by atoms with van der Waals surface area (Å²) in [4.78, 5) is 30.1. The fourth-order valence-corrected chi connectivity index (χ4v) is 5.70. The van der Waals surface area contributed by atoms with Crippen LogP contribution < -0.4 is 11.1 Å². The number of aromatic nitrogens is 4. The molecule has 0 radical (unpaired) electrons. The number of phenolic OH excluding ortho intramolecular Hbond substituents is 1. The quantitative estimate of drug-likeness (QED) is 0.330. The van der Waals surface area contributed by atoms with Crippen LogP contribution in [0, 0.1) is 5.41 Å². The van der Waals surface area contributed by atoms with Gasteiger partial charge < -0.3 is 26.2 Å². The Morgan fingerprint density at radius 1 is 1.12 bits per heavy atom. The first-order valence-corrected chi connectivity index (χ1v) is 14.4. The maximum absolute atomic E-state index is 13.2. The van der Waals surface area contributed by atoms with Gasteiger partial charge in [0, 0.05) is 42.5 Å². The highest BCUT2D eigenvalue weighted by atomic mass is 16.3. The maximum Gasteiger partial charge on any atom is 0.245 e. The molecule has 12 nitrogen and oxygen atoms in total. The Bertz CT molecular complexity index is 1430. The molecule has 0 spiro atoms. The number of carbonyl (C=O) groups is 2. The summed E-state index contributed by atoms with van der Waals surface area (Å²) < 4.78 is 1.90. The Hall–Kier alpha value is -4.03. The summed E-state index contributed by atoms with van der Waals surface area (Å²) in [7, 11) is 0. The monoisotopic (exact) mass is 576 g/mol. The van der Waals surface area contributed by atoms with Crippen molar-refractivity contribution in [3.63, 3.8) is 0 Å². The molecule has 2 fully saturated rings. The number of benzene rings is 1. The Kier molecular flexibility index (Phi) is 8.46. The van der Waals surface area contributed by atoms with Gasteiger partial charge in [0.2, 0.25) is 11.8 Å². The van der Waals surface area contributed by atoms with E-state index in [2.05, 4.69) is 25.5 Å². The van der Waals surface area contributed by atoms with E-state index in [0.717, 1.165) is 24.9 Å². The smallest absolute Gasteiger partial charge is 0.245 e. The van der Waals surface area contributed by atoms with Gasteiger partial charge in [-0.3, -0.25) is 19.2 Å². The molecule has 5 rings (SSSR count). The summed E-state index contributed by atoms with van der Waals surface area (Å²) in [5, 5.41) is 36.0. The number of aliphatic hydroxyl groups excluding tert-OH is 1. The Labute approximate surface area is 245 Å². The highest BCUT2D eigenvalue weighted by Gasteiger charge is 2.38. The number of β-amino-alcohol motifs (C(OH)–C–C–N with tert-alkyl or cyclic N) is 1. The van der Waals surface area contributed by atoms with E-state index in [9.17, 15) is 19.8 Å². The van der Waals surface area contributed by atoms with Crippen molar-refractivity contribution in [2.24, 2.45) is 5.41 Å². The average Bonchev–Trinajstić information content (AvgIpc) is 3.61. The fraction of sp³-hybridized carbons (Fsp3) is 0.500. The van der Waals surface area contributed by atoms with E-state index in [4.69, 9.17) is 5.73 Å². The predicted molar refractivity (Wildman–Crippen MR) is 158 cm³/mol. The Morgan fingerprint density at radius 3 is 2.62 bits per heavy atom. The zero-order chi connectivity index (χ0) is 30.0. The lowest BCUT2D eigenvalue weighted by molar-refractivity contribution is -0.139. The summed E-state index contributed by atoms with van der Waals surface area (Å²) in [6.07, 6.45) is 5.52. The van der Waals surface area contributed by atoms with Crippen molar-refractivity contribution in [1.82, 2.24) is 35.1 Å². The molecule has 4 heterocycles. The first kappa shape index (κ1) is 29.5. The largest absolute Gasteiger partial charge is 0.507 e. The molecular formula is C30H40N8O4. The van der Waals surface area contributed by atoms with Crippen molar-refractivity contribution >= 4 is 17.6 Å². The minimum absolute atomic E-state index is 0.0556. The van der Waals surface area contributed by atoms with Crippen LogP contribution in [0.1, 0.15) is 46.1 Å². The molecule has 5 N–H and O–H groups in total. The van der Waals surface area contributed by atoms with Gasteiger partial charge in [0.1, 0.15) is 11.8 Å². The standard InChI is InChI=1S/C30H40N8O4/c1-30(2,3)27(29(42)37-12-10-21(39)17-37)33-26(41)18-36-11-6-7-20(16-36)38-15-19(14-32-38)23-13-24(34-35-28(23)31)22-8-4-5-9-25(22)40/h4-5,8-9,13-15,20-21,27,39-40H,6-7,10-12,16-18H2,1-3H3,(H2,31,35)(H,33,41)/t20?,21-,27-/m1/s1. The van der Waals surface area contributed by atoms with Crippen molar-refractivity contribution < 1.29 is 19.8 Å². The van der Waals surface area contributed by atoms with Crippen LogP contribution in [-0.4, -0.2) is 96.7 Å². The van der Waals surface area contributed by atoms with Crippen LogP contribution in [-0.2, 0) is 9.59 Å². The number of rotatable bonds is 7. The molecule has 0 bridgehead atoms. The maximum atomic E-state index is 13.2. The third kappa shape index (κ3) is 6.55. The summed E-state index contributed by atoms with van der Waals surface area (Å²) in [5.41, 5.74) is 8.23. The van der Waals surface area contributed by atoms with Gasteiger partial charge >= 0.3 is 0 Å². The number of carbonyl (C=O) groups excluding carboxylic acids is 2. The number of nitrogens with two attached hydrogens (primary N) is 1. The summed E-state index contributed by atoms with van der Waals surface area (Å²) >= 11 is 0. The van der Waals surface area contributed by atoms with Crippen LogP contribution in [0.15, 0.2) is 42.7 Å². The minimum atomic E-state index is -0.674. The molecule has 12 heteroatoms. The summed E-state index contributed by atoms with van der Waals surface area (Å²) in [6.45, 7) is 8.20. The Balaban J connectivity index is 1.24. The van der Waals surface area contributed by atoms with Gasteiger partial charge in [-0.25, -0.2) is 0 Å². The first-order valence-electron chi connectivity index (χ1n) is 14.4. The number of hydrogen-bond donors (Lipinski definition) is 4. The van der Waals surface area contributed by atoms with Crippen molar-refractivity contribution in [3.05, 3.63) is 42.7 Å². The SMILES string of the molecule is CC(C)(C)[C@H](NC(=O)CN1CCCC(n2cc(-c3cc(-c4ccccc4O)nnc3N)cn2)C1)C(=O)N1CC[C@@H](O)C1. The van der Waals surface area contributed by atoms with E-state index < -0.39 is 17.6 Å². The van der Waals surface area contributed by atoms with E-state index in [1.807, 2.05) is 37.7 Å². The minimum Gasteiger partial charge on any atom is -0.507 e. The van der Waals surface area contributed by atoms with Crippen LogP contribution in [0.2, 0.25) is 0 Å². The van der Waals surface area contributed by atoms with E-state index in [1.165, 1.54) is 0 Å². The number of amides is 2. The van der Waals surface area contributed by atoms with Crippen LogP contribution in [0.5, 0.6) is 5.75 Å². The van der Waals surface area contributed by atoms with Crippen molar-refractivity contribution in [2.45, 2.75) is 58.2 Å². The van der Waals surface area contributed by atoms with Gasteiger partial charge in [-0.2, -0.15) is 5.10 Å². The van der Waals surface area contributed by atoms with Gasteiger partial charge in [0.25, 0.3) is 0 Å². The molecule has 0 aliphatic carbocycles. The molecule has 2 saturated heterocycles. The fourth-order valence-electron chi connectivity index (χ4n) is 5.70. The van der Waals surface area contributed by atoms with Crippen molar-refractivity contribution in [3.8, 4) is 28.1 Å². The third-order valence-corrected chi connectivity index (χ3v) is 8.03. The molecule has 3 aromatic rings. The predicted octanol–water partition coefficient (Wildman–Crippen LogP) is 2.06. The van der Waals surface area contributed by atoms with Crippen LogP contribution in [0.3, 0.4) is 0 Å². The number of nitrogen functional groups attached to an aromatic ring is 1. The zero-order valence-corrected chi connectivity index (χ0v) is 24.4. The number of nitrogens with one attached hydrogen (secondary N) is 1. The number of aromatic hydroxyl groups is 1. The van der Waals surface area contributed by atoms with E-state index in [-0.39, 0.29) is 36.0 Å². The number of hydrogen-bond acceptors (Lipinski definition) is 9. The molecule has 2 aromatic heterocycles. The number of para-hydroxylation sites is 1. The van der Waals surface area contributed by atoms with Crippen molar-refractivity contribution in [2.75, 3.05) is 38.5 Å². The molecule has 224 valence electrons. The molecule has 1 aromatic carbocycles. The first-order chi connectivity index (χ1) is 20.0. The molecule has 3 atom stereocenters. The highest BCUT2D eigenvalue weighted by Crippen LogP contribution is 2.33. The second kappa shape index (κ2) is 12.1. The third-order valence-electron chi connectivity index (χ3n) is 8.03. The molecule has 2 aliphatic rings. The van der Waals surface area contributed by atoms with Crippen LogP contribution >= 0.6 is 0 Å². The topological polar surface area (TPSA) is 163 Å². The van der Waals surface area contributed by atoms with Crippen molar-refractivity contribution in [1.29, 1.82) is 0 Å². The van der Waals surface area contributed by atoms with Crippen LogP contribution in [0.25, 0.3) is 22.4 Å². The average molecular weight is 577 g/mol. The number of aliphatic hydroxyl groups is 1. The van der Waals surface area contributed by atoms with E-state index in [1.54, 1.807) is 35.4 Å². The highest BCUT2D eigenvalue weighted by molar-refractivity contribution is 5.89. The van der Waals surface area contributed by atoms with Gasteiger partial charge in [-0.15, -0.1) is 10.2 Å². The zero-order valence-electron chi connectivity index (χ0n) is 24.4. The lowest BCUT2D eigenvalue weighted by Gasteiger charge is -2.35. The number of nitrogens with zero attached hydrogens (tertiary/aromatic N) is 6. The normalized spacial score (nSPS) is 20.4. The van der Waals surface area contributed by atoms with Gasteiger partial charge in [-0.1, -0.05) is 32.9 Å². The lowest BCUT2D eigenvalue weighted by atomic mass is 9.85. The van der Waals surface area contributed by atoms with Gasteiger partial charge in [0.05, 0.1) is 30.6 Å². The van der Waals surface area contributed by atoms with Gasteiger partial charge in [0.15, 0.2) is 5.82 Å². The molecule has 1 unspecified atom stereocenters. The lowest BCUT2D eigenvalue weighted by Crippen LogP contribution is -2.56. The van der Waals surface area contributed by atoms with E-state index in [0.29, 0.717) is 42.9 Å². The number of anilines is 1.